The fraction of sp³-hybridized carbons (Fsp3) is 0.286. The van der Waals surface area contributed by atoms with Gasteiger partial charge in [0.05, 0.1) is 22.4 Å². The molecule has 38 heavy (non-hydrogen) atoms. The number of anilines is 1. The average Bonchev–Trinajstić information content (AvgIpc) is 3.53. The van der Waals surface area contributed by atoms with Gasteiger partial charge >= 0.3 is 0 Å². The number of nitrogens with one attached hydrogen (secondary N) is 1. The van der Waals surface area contributed by atoms with Gasteiger partial charge in [-0.1, -0.05) is 38.4 Å². The molecule has 4 aromatic rings. The zero-order valence-electron chi connectivity index (χ0n) is 21.3. The Kier molecular flexibility index (Phi) is 7.61. The lowest BCUT2D eigenvalue weighted by Crippen LogP contribution is -2.42. The van der Waals surface area contributed by atoms with E-state index in [1.807, 2.05) is 35.7 Å². The van der Waals surface area contributed by atoms with Crippen molar-refractivity contribution < 1.29 is 9.59 Å². The molecule has 0 aliphatic carbocycles. The van der Waals surface area contributed by atoms with Gasteiger partial charge in [0.15, 0.2) is 0 Å². The first-order valence-corrected chi connectivity index (χ1v) is 14.6. The van der Waals surface area contributed by atoms with Crippen molar-refractivity contribution in [1.82, 2.24) is 20.1 Å². The number of hydrogen-bond acceptors (Lipinski definition) is 6. The molecule has 10 heteroatoms. The van der Waals surface area contributed by atoms with Crippen molar-refractivity contribution in [2.75, 3.05) is 17.2 Å². The van der Waals surface area contributed by atoms with E-state index in [9.17, 15) is 9.59 Å². The lowest BCUT2D eigenvalue weighted by atomic mass is 9.87. The van der Waals surface area contributed by atoms with E-state index >= 15 is 0 Å². The number of aromatic nitrogens is 3. The highest BCUT2D eigenvalue weighted by Gasteiger charge is 2.40. The van der Waals surface area contributed by atoms with E-state index in [0.717, 1.165) is 28.1 Å². The van der Waals surface area contributed by atoms with Gasteiger partial charge in [-0.25, -0.2) is 4.68 Å². The van der Waals surface area contributed by atoms with Gasteiger partial charge in [0, 0.05) is 34.9 Å². The summed E-state index contributed by atoms with van der Waals surface area (Å²) in [5.74, 6) is 0.460. The van der Waals surface area contributed by atoms with Crippen LogP contribution in [0.5, 0.6) is 0 Å². The standard InChI is InChI=1S/C28H28ClN5O2S2/c1-28(2,3)26-24-25(19-9-12-37-16-19)38-17-23(36)33(15-22(35)31-14-18-7-10-30-11-8-18)27(24)34(32-26)21-6-4-5-20(29)13-21/h4-13,16,25H,14-15,17H2,1-3H3,(H,31,35)/t25-/m1/s1. The summed E-state index contributed by atoms with van der Waals surface area (Å²) < 4.78 is 1.78. The van der Waals surface area contributed by atoms with Gasteiger partial charge in [0.2, 0.25) is 11.8 Å². The van der Waals surface area contributed by atoms with Gasteiger partial charge in [-0.05, 0) is 58.3 Å². The third kappa shape index (κ3) is 5.50. The highest BCUT2D eigenvalue weighted by atomic mass is 35.5. The van der Waals surface area contributed by atoms with Gasteiger partial charge < -0.3 is 5.32 Å². The number of hydrogen-bond donors (Lipinski definition) is 1. The van der Waals surface area contributed by atoms with Crippen LogP contribution in [0.15, 0.2) is 65.6 Å². The number of thioether (sulfide) groups is 1. The Bertz CT molecular complexity index is 1450. The van der Waals surface area contributed by atoms with Crippen LogP contribution in [0.4, 0.5) is 5.82 Å². The Morgan fingerprint density at radius 1 is 1.18 bits per heavy atom. The average molecular weight is 566 g/mol. The van der Waals surface area contributed by atoms with E-state index in [-0.39, 0.29) is 34.8 Å². The van der Waals surface area contributed by atoms with Gasteiger partial charge in [0.25, 0.3) is 0 Å². The number of nitrogens with zero attached hydrogens (tertiary/aromatic N) is 4. The second-order valence-corrected chi connectivity index (χ2v) is 12.4. The van der Waals surface area contributed by atoms with Crippen LogP contribution >= 0.6 is 34.7 Å². The quantitative estimate of drug-likeness (QED) is 0.321. The number of benzene rings is 1. The second kappa shape index (κ2) is 10.9. The van der Waals surface area contributed by atoms with Crippen molar-refractivity contribution in [1.29, 1.82) is 0 Å². The Labute approximate surface area is 235 Å². The van der Waals surface area contributed by atoms with Crippen LogP contribution in [0.25, 0.3) is 5.69 Å². The minimum absolute atomic E-state index is 0.104. The largest absolute Gasteiger partial charge is 0.350 e. The molecule has 7 nitrogen and oxygen atoms in total. The van der Waals surface area contributed by atoms with Gasteiger partial charge in [-0.2, -0.15) is 16.4 Å². The van der Waals surface area contributed by atoms with Gasteiger partial charge in [-0.3, -0.25) is 19.5 Å². The summed E-state index contributed by atoms with van der Waals surface area (Å²) in [7, 11) is 0. The van der Waals surface area contributed by atoms with E-state index < -0.39 is 0 Å². The SMILES string of the molecule is CC(C)(C)c1nn(-c2cccc(Cl)c2)c2c1[C@@H](c1ccsc1)SCC(=O)N2CC(=O)NCc1ccncc1. The van der Waals surface area contributed by atoms with E-state index in [0.29, 0.717) is 17.4 Å². The summed E-state index contributed by atoms with van der Waals surface area (Å²) >= 11 is 9.57. The zero-order chi connectivity index (χ0) is 26.9. The molecule has 1 N–H and O–H groups in total. The fourth-order valence-electron chi connectivity index (χ4n) is 4.45. The van der Waals surface area contributed by atoms with E-state index in [2.05, 4.69) is 42.5 Å². The second-order valence-electron chi connectivity index (χ2n) is 10.1. The first kappa shape index (κ1) is 26.5. The van der Waals surface area contributed by atoms with Crippen LogP contribution < -0.4 is 10.2 Å². The molecule has 1 aromatic carbocycles. The van der Waals surface area contributed by atoms with Crippen molar-refractivity contribution in [3.8, 4) is 5.69 Å². The topological polar surface area (TPSA) is 80.1 Å². The first-order valence-electron chi connectivity index (χ1n) is 12.2. The summed E-state index contributed by atoms with van der Waals surface area (Å²) in [6.07, 6.45) is 3.37. The normalized spacial score (nSPS) is 15.7. The number of pyridine rings is 1. The molecule has 0 bridgehead atoms. The Hall–Kier alpha value is -3.14. The van der Waals surface area contributed by atoms with Crippen molar-refractivity contribution in [2.45, 2.75) is 38.0 Å². The maximum absolute atomic E-state index is 13.7. The molecule has 0 saturated carbocycles. The molecule has 4 heterocycles. The van der Waals surface area contributed by atoms with Crippen molar-refractivity contribution >= 4 is 52.3 Å². The van der Waals surface area contributed by atoms with Gasteiger partial charge in [0.1, 0.15) is 12.4 Å². The predicted octanol–water partition coefficient (Wildman–Crippen LogP) is 5.77. The number of carbonyl (C=O) groups is 2. The van der Waals surface area contributed by atoms with E-state index in [1.165, 1.54) is 0 Å². The predicted molar refractivity (Wildman–Crippen MR) is 154 cm³/mol. The zero-order valence-corrected chi connectivity index (χ0v) is 23.7. The number of rotatable bonds is 6. The maximum Gasteiger partial charge on any atom is 0.240 e. The third-order valence-corrected chi connectivity index (χ3v) is 8.43. The maximum atomic E-state index is 13.7. The van der Waals surface area contributed by atoms with E-state index in [4.69, 9.17) is 16.7 Å². The van der Waals surface area contributed by atoms with Crippen molar-refractivity contribution in [2.24, 2.45) is 0 Å². The smallest absolute Gasteiger partial charge is 0.240 e. The van der Waals surface area contributed by atoms with Crippen LogP contribution in [0.3, 0.4) is 0 Å². The first-order chi connectivity index (χ1) is 18.2. The van der Waals surface area contributed by atoms with Crippen molar-refractivity contribution in [3.63, 3.8) is 0 Å². The molecular formula is C28H28ClN5O2S2. The molecule has 1 aliphatic heterocycles. The van der Waals surface area contributed by atoms with Crippen LogP contribution in [-0.2, 0) is 21.5 Å². The number of fused-ring (bicyclic) bond motifs is 1. The molecule has 0 saturated heterocycles. The fourth-order valence-corrected chi connectivity index (χ4v) is 6.59. The van der Waals surface area contributed by atoms with Crippen molar-refractivity contribution in [3.05, 3.63) is 93.0 Å². The summed E-state index contributed by atoms with van der Waals surface area (Å²) in [6.45, 7) is 6.58. The van der Waals surface area contributed by atoms with Crippen LogP contribution in [0.1, 0.15) is 48.4 Å². The number of amides is 2. The summed E-state index contributed by atoms with van der Waals surface area (Å²) in [5, 5.41) is 12.6. The molecule has 1 aliphatic rings. The number of halogens is 1. The minimum Gasteiger partial charge on any atom is -0.350 e. The molecule has 0 unspecified atom stereocenters. The third-order valence-electron chi connectivity index (χ3n) is 6.24. The molecule has 5 rings (SSSR count). The molecular weight excluding hydrogens is 538 g/mol. The Morgan fingerprint density at radius 2 is 1.97 bits per heavy atom. The summed E-state index contributed by atoms with van der Waals surface area (Å²) in [4.78, 5) is 32.5. The monoisotopic (exact) mass is 565 g/mol. The molecule has 1 atom stereocenters. The van der Waals surface area contributed by atoms with Crippen LogP contribution in [0.2, 0.25) is 5.02 Å². The van der Waals surface area contributed by atoms with Crippen LogP contribution in [-0.4, -0.2) is 38.9 Å². The summed E-state index contributed by atoms with van der Waals surface area (Å²) in [6, 6.07) is 13.2. The molecule has 0 spiro atoms. The Morgan fingerprint density at radius 3 is 2.66 bits per heavy atom. The van der Waals surface area contributed by atoms with Crippen LogP contribution in [0, 0.1) is 0 Å². The molecule has 196 valence electrons. The van der Waals surface area contributed by atoms with E-state index in [1.54, 1.807) is 51.1 Å². The highest BCUT2D eigenvalue weighted by Crippen LogP contribution is 2.48. The molecule has 0 radical (unpaired) electrons. The highest BCUT2D eigenvalue weighted by molar-refractivity contribution is 8.00. The lowest BCUT2D eigenvalue weighted by molar-refractivity contribution is -0.123. The number of carbonyl (C=O) groups excluding carboxylic acids is 2. The molecule has 2 amide bonds. The summed E-state index contributed by atoms with van der Waals surface area (Å²) in [5.41, 5.74) is 4.31. The van der Waals surface area contributed by atoms with Gasteiger partial charge in [-0.15, -0.1) is 11.8 Å². The molecule has 3 aromatic heterocycles. The minimum atomic E-state index is -0.314. The molecule has 0 fully saturated rings. The lowest BCUT2D eigenvalue weighted by Gasteiger charge is -2.24. The number of thiophene rings is 1. The Balaban J connectivity index is 1.63.